The van der Waals surface area contributed by atoms with Crippen molar-refractivity contribution in [3.8, 4) is 5.75 Å². The fourth-order valence-corrected chi connectivity index (χ4v) is 2.34. The van der Waals surface area contributed by atoms with Gasteiger partial charge in [-0.25, -0.2) is 4.79 Å². The van der Waals surface area contributed by atoms with E-state index in [1.807, 2.05) is 0 Å². The summed E-state index contributed by atoms with van der Waals surface area (Å²) < 4.78 is 34.7. The lowest BCUT2D eigenvalue weighted by molar-refractivity contribution is -0.0506. The molecule has 5 nitrogen and oxygen atoms in total. The third kappa shape index (κ3) is 4.56. The molecule has 0 aliphatic carbocycles. The Morgan fingerprint density at radius 3 is 2.86 bits per heavy atom. The van der Waals surface area contributed by atoms with Gasteiger partial charge in [-0.2, -0.15) is 8.78 Å². The lowest BCUT2D eigenvalue weighted by Crippen LogP contribution is -2.42. The van der Waals surface area contributed by atoms with Crippen molar-refractivity contribution in [3.63, 3.8) is 0 Å². The van der Waals surface area contributed by atoms with Crippen molar-refractivity contribution in [2.45, 2.75) is 26.0 Å². The van der Waals surface area contributed by atoms with Crippen LogP contribution in [0.15, 0.2) is 24.3 Å². The number of nitrogens with zero attached hydrogens (tertiary/aromatic N) is 1. The third-order valence-corrected chi connectivity index (χ3v) is 3.45. The lowest BCUT2D eigenvalue weighted by Gasteiger charge is -2.24. The van der Waals surface area contributed by atoms with Crippen LogP contribution in [0.2, 0.25) is 0 Å². The number of amides is 2. The average Bonchev–Trinajstić information content (AvgIpc) is 2.76. The van der Waals surface area contributed by atoms with Gasteiger partial charge in [0.05, 0.1) is 12.6 Å². The fourth-order valence-electron chi connectivity index (χ4n) is 2.34. The summed E-state index contributed by atoms with van der Waals surface area (Å²) in [5.41, 5.74) is 0.516. The van der Waals surface area contributed by atoms with E-state index in [-0.39, 0.29) is 11.8 Å². The third-order valence-electron chi connectivity index (χ3n) is 3.45. The first kappa shape index (κ1) is 16.5. The molecule has 1 heterocycles. The first-order valence-electron chi connectivity index (χ1n) is 7.25. The van der Waals surface area contributed by atoms with Crippen molar-refractivity contribution in [1.82, 2.24) is 10.2 Å². The molecule has 0 aromatic heterocycles. The molecule has 1 atom stereocenters. The van der Waals surface area contributed by atoms with E-state index >= 15 is 0 Å². The van der Waals surface area contributed by atoms with Gasteiger partial charge in [-0.15, -0.1) is 0 Å². The van der Waals surface area contributed by atoms with Crippen LogP contribution < -0.4 is 10.1 Å². The van der Waals surface area contributed by atoms with Gasteiger partial charge in [-0.1, -0.05) is 18.2 Å². The van der Waals surface area contributed by atoms with Crippen LogP contribution in [-0.2, 0) is 4.74 Å². The summed E-state index contributed by atoms with van der Waals surface area (Å²) in [4.78, 5) is 13.9. The van der Waals surface area contributed by atoms with E-state index < -0.39 is 12.7 Å². The molecule has 22 heavy (non-hydrogen) atoms. The van der Waals surface area contributed by atoms with Crippen LogP contribution in [0.4, 0.5) is 13.6 Å². The maximum atomic E-state index is 12.4. The number of alkyl halides is 2. The van der Waals surface area contributed by atoms with E-state index in [9.17, 15) is 13.6 Å². The Bertz CT molecular complexity index is 491. The zero-order chi connectivity index (χ0) is 15.9. The van der Waals surface area contributed by atoms with Crippen LogP contribution in [-0.4, -0.2) is 43.8 Å². The predicted octanol–water partition coefficient (Wildman–Crippen LogP) is 2.78. The van der Waals surface area contributed by atoms with Gasteiger partial charge >= 0.3 is 12.6 Å². The zero-order valence-electron chi connectivity index (χ0n) is 12.4. The summed E-state index contributed by atoms with van der Waals surface area (Å²) >= 11 is 0. The Balaban J connectivity index is 2.01. The molecule has 1 saturated heterocycles. The highest BCUT2D eigenvalue weighted by Crippen LogP contribution is 2.26. The first-order valence-corrected chi connectivity index (χ1v) is 7.25. The Labute approximate surface area is 128 Å². The molecule has 1 aromatic carbocycles. The maximum absolute atomic E-state index is 12.4. The number of carbonyl (C=O) groups excluding carboxylic acids is 1. The van der Waals surface area contributed by atoms with Crippen LogP contribution in [0.5, 0.6) is 5.75 Å². The first-order chi connectivity index (χ1) is 10.6. The molecule has 1 fully saturated rings. The second-order valence-corrected chi connectivity index (χ2v) is 5.04. The van der Waals surface area contributed by atoms with Gasteiger partial charge in [0.15, 0.2) is 0 Å². The number of rotatable bonds is 4. The maximum Gasteiger partial charge on any atom is 0.387 e. The molecule has 0 radical (unpaired) electrons. The van der Waals surface area contributed by atoms with Gasteiger partial charge in [0, 0.05) is 25.3 Å². The number of benzene rings is 1. The molecule has 1 unspecified atom stereocenters. The molecule has 0 bridgehead atoms. The number of hydrogen-bond donors (Lipinski definition) is 1. The summed E-state index contributed by atoms with van der Waals surface area (Å²) in [6.07, 6.45) is 0.785. The van der Waals surface area contributed by atoms with E-state index in [1.54, 1.807) is 30.0 Å². The van der Waals surface area contributed by atoms with E-state index in [0.29, 0.717) is 31.9 Å². The Hall–Kier alpha value is -1.89. The highest BCUT2D eigenvalue weighted by atomic mass is 19.3. The number of para-hydroxylation sites is 1. The highest BCUT2D eigenvalue weighted by Gasteiger charge is 2.20. The second kappa shape index (κ2) is 7.93. The predicted molar refractivity (Wildman–Crippen MR) is 77.0 cm³/mol. The van der Waals surface area contributed by atoms with Crippen LogP contribution in [0.25, 0.3) is 0 Å². The molecule has 7 heteroatoms. The quantitative estimate of drug-likeness (QED) is 0.930. The van der Waals surface area contributed by atoms with Crippen molar-refractivity contribution < 1.29 is 23.0 Å². The number of nitrogens with one attached hydrogen (secondary N) is 1. The van der Waals surface area contributed by atoms with E-state index in [0.717, 1.165) is 6.42 Å². The normalized spacial score (nSPS) is 17.0. The van der Waals surface area contributed by atoms with Gasteiger partial charge in [0.2, 0.25) is 0 Å². The second-order valence-electron chi connectivity index (χ2n) is 5.04. The number of halogens is 2. The molecular formula is C15H20F2N2O3. The van der Waals surface area contributed by atoms with E-state index in [1.165, 1.54) is 6.07 Å². The van der Waals surface area contributed by atoms with Crippen molar-refractivity contribution >= 4 is 6.03 Å². The summed E-state index contributed by atoms with van der Waals surface area (Å²) in [5.74, 6) is 0.0736. The minimum absolute atomic E-state index is 0.0736. The summed E-state index contributed by atoms with van der Waals surface area (Å²) in [5, 5.41) is 2.81. The van der Waals surface area contributed by atoms with Crippen LogP contribution in [0.1, 0.15) is 24.9 Å². The molecule has 1 N–H and O–H groups in total. The summed E-state index contributed by atoms with van der Waals surface area (Å²) in [7, 11) is 0. The Morgan fingerprint density at radius 2 is 2.09 bits per heavy atom. The molecular weight excluding hydrogens is 294 g/mol. The van der Waals surface area contributed by atoms with Crippen LogP contribution in [0.3, 0.4) is 0 Å². The molecule has 2 amide bonds. The van der Waals surface area contributed by atoms with Gasteiger partial charge in [0.25, 0.3) is 0 Å². The molecule has 1 aliphatic rings. The van der Waals surface area contributed by atoms with E-state index in [2.05, 4.69) is 10.1 Å². The van der Waals surface area contributed by atoms with E-state index in [4.69, 9.17) is 4.74 Å². The van der Waals surface area contributed by atoms with Crippen LogP contribution >= 0.6 is 0 Å². The monoisotopic (exact) mass is 314 g/mol. The minimum atomic E-state index is -2.90. The fraction of sp³-hybridized carbons (Fsp3) is 0.533. The zero-order valence-corrected chi connectivity index (χ0v) is 12.4. The Kier molecular flexibility index (Phi) is 5.94. The van der Waals surface area contributed by atoms with Crippen molar-refractivity contribution in [1.29, 1.82) is 0 Å². The van der Waals surface area contributed by atoms with Crippen LogP contribution in [0, 0.1) is 0 Å². The topological polar surface area (TPSA) is 50.8 Å². The highest BCUT2D eigenvalue weighted by molar-refractivity contribution is 5.74. The summed E-state index contributed by atoms with van der Waals surface area (Å²) in [6, 6.07) is 5.78. The van der Waals surface area contributed by atoms with Crippen molar-refractivity contribution in [2.24, 2.45) is 0 Å². The molecule has 0 saturated carbocycles. The molecule has 1 aliphatic heterocycles. The minimum Gasteiger partial charge on any atom is -0.434 e. The lowest BCUT2D eigenvalue weighted by atomic mass is 10.1. The van der Waals surface area contributed by atoms with Gasteiger partial charge in [-0.05, 0) is 19.4 Å². The summed E-state index contributed by atoms with van der Waals surface area (Å²) in [6.45, 7) is 1.13. The SMILES string of the molecule is CC(NC(=O)N1CCCOCC1)c1ccccc1OC(F)F. The number of carbonyl (C=O) groups is 1. The number of urea groups is 1. The average molecular weight is 314 g/mol. The van der Waals surface area contributed by atoms with Crippen molar-refractivity contribution in [2.75, 3.05) is 26.3 Å². The molecule has 0 spiro atoms. The standard InChI is InChI=1S/C15H20F2N2O3/c1-11(12-5-2-3-6-13(12)22-14(16)17)18-15(20)19-7-4-9-21-10-8-19/h2-3,5-6,11,14H,4,7-10H2,1H3,(H,18,20). The van der Waals surface area contributed by atoms with Crippen molar-refractivity contribution in [3.05, 3.63) is 29.8 Å². The molecule has 2 rings (SSSR count). The number of ether oxygens (including phenoxy) is 2. The smallest absolute Gasteiger partial charge is 0.387 e. The van der Waals surface area contributed by atoms with Gasteiger partial charge in [-0.3, -0.25) is 0 Å². The Morgan fingerprint density at radius 1 is 1.32 bits per heavy atom. The van der Waals surface area contributed by atoms with Gasteiger partial charge < -0.3 is 19.7 Å². The number of hydrogen-bond acceptors (Lipinski definition) is 3. The van der Waals surface area contributed by atoms with Gasteiger partial charge in [0.1, 0.15) is 5.75 Å². The largest absolute Gasteiger partial charge is 0.434 e. The molecule has 1 aromatic rings. The molecule has 122 valence electrons.